The van der Waals surface area contributed by atoms with Gasteiger partial charge in [-0.05, 0) is 20.3 Å². The monoisotopic (exact) mass is 214 g/mol. The van der Waals surface area contributed by atoms with E-state index in [2.05, 4.69) is 12.2 Å². The second kappa shape index (κ2) is 8.26. The average Bonchev–Trinajstić information content (AvgIpc) is 2.20. The van der Waals surface area contributed by atoms with Crippen molar-refractivity contribution in [2.45, 2.75) is 40.0 Å². The van der Waals surface area contributed by atoms with E-state index in [-0.39, 0.29) is 18.2 Å². The molecule has 15 heavy (non-hydrogen) atoms. The number of nitrogens with zero attached hydrogens (tertiary/aromatic N) is 1. The predicted molar refractivity (Wildman–Crippen MR) is 60.5 cm³/mol. The minimum absolute atomic E-state index is 0.0224. The molecule has 0 aromatic heterocycles. The van der Waals surface area contributed by atoms with Gasteiger partial charge >= 0.3 is 0 Å². The van der Waals surface area contributed by atoms with E-state index in [1.54, 1.807) is 4.90 Å². The Balaban J connectivity index is 3.80. The van der Waals surface area contributed by atoms with Crippen molar-refractivity contribution in [1.82, 2.24) is 10.2 Å². The van der Waals surface area contributed by atoms with Crippen LogP contribution in [0.25, 0.3) is 0 Å². The molecule has 0 saturated carbocycles. The first kappa shape index (κ1) is 13.9. The van der Waals surface area contributed by atoms with Gasteiger partial charge in [-0.1, -0.05) is 13.3 Å². The fourth-order valence-electron chi connectivity index (χ4n) is 1.29. The number of amides is 2. The Kier molecular flexibility index (Phi) is 7.68. The van der Waals surface area contributed by atoms with Crippen LogP contribution in [0.1, 0.15) is 40.0 Å². The summed E-state index contributed by atoms with van der Waals surface area (Å²) in [4.78, 5) is 24.5. The molecule has 0 aliphatic carbocycles. The molecule has 0 aromatic rings. The van der Waals surface area contributed by atoms with Crippen LogP contribution in [0.4, 0.5) is 0 Å². The van der Waals surface area contributed by atoms with Gasteiger partial charge in [0.05, 0.1) is 0 Å². The summed E-state index contributed by atoms with van der Waals surface area (Å²) in [6.07, 6.45) is 1.99. The van der Waals surface area contributed by atoms with Gasteiger partial charge < -0.3 is 10.2 Å². The molecule has 0 saturated heterocycles. The van der Waals surface area contributed by atoms with Crippen LogP contribution in [0, 0.1) is 0 Å². The average molecular weight is 214 g/mol. The Morgan fingerprint density at radius 1 is 1.13 bits per heavy atom. The van der Waals surface area contributed by atoms with Crippen molar-refractivity contribution < 1.29 is 9.59 Å². The summed E-state index contributed by atoms with van der Waals surface area (Å²) in [5.41, 5.74) is 0. The molecule has 0 aliphatic heterocycles. The van der Waals surface area contributed by atoms with Crippen molar-refractivity contribution in [3.05, 3.63) is 0 Å². The molecule has 0 heterocycles. The topological polar surface area (TPSA) is 49.4 Å². The molecule has 4 nitrogen and oxygen atoms in total. The van der Waals surface area contributed by atoms with E-state index >= 15 is 0 Å². The fourth-order valence-corrected chi connectivity index (χ4v) is 1.29. The Bertz CT molecular complexity index is 201. The zero-order valence-electron chi connectivity index (χ0n) is 10.0. The summed E-state index contributed by atoms with van der Waals surface area (Å²) in [6, 6.07) is 0. The lowest BCUT2D eigenvalue weighted by Crippen LogP contribution is -2.35. The number of hydrogen-bond donors (Lipinski definition) is 1. The Morgan fingerprint density at radius 3 is 2.20 bits per heavy atom. The molecule has 4 heteroatoms. The van der Waals surface area contributed by atoms with Crippen LogP contribution < -0.4 is 5.32 Å². The van der Waals surface area contributed by atoms with E-state index in [0.29, 0.717) is 19.6 Å². The minimum atomic E-state index is -0.166. The molecule has 0 aromatic carbocycles. The van der Waals surface area contributed by atoms with Crippen LogP contribution in [0.3, 0.4) is 0 Å². The maximum absolute atomic E-state index is 11.5. The molecular formula is C11H22N2O2. The number of hydrogen-bond acceptors (Lipinski definition) is 2. The van der Waals surface area contributed by atoms with Crippen molar-refractivity contribution in [1.29, 1.82) is 0 Å². The summed E-state index contributed by atoms with van der Waals surface area (Å²) < 4.78 is 0. The molecule has 0 aliphatic rings. The quantitative estimate of drug-likeness (QED) is 0.510. The summed E-state index contributed by atoms with van der Waals surface area (Å²) in [6.45, 7) is 7.88. The molecule has 88 valence electrons. The van der Waals surface area contributed by atoms with E-state index < -0.39 is 0 Å². The van der Waals surface area contributed by atoms with Crippen molar-refractivity contribution >= 4 is 11.8 Å². The molecule has 0 atom stereocenters. The standard InChI is InChI=1S/C11H22N2O2/c1-4-7-8-12-10(14)9-11(15)13(5-2)6-3/h4-9H2,1-3H3,(H,12,14). The number of nitrogens with one attached hydrogen (secondary N) is 1. The Hall–Kier alpha value is -1.06. The fraction of sp³-hybridized carbons (Fsp3) is 0.818. The Morgan fingerprint density at radius 2 is 1.73 bits per heavy atom. The first-order valence-electron chi connectivity index (χ1n) is 5.70. The number of carbonyl (C=O) groups is 2. The van der Waals surface area contributed by atoms with Crippen LogP contribution in [-0.4, -0.2) is 36.3 Å². The highest BCUT2D eigenvalue weighted by atomic mass is 16.2. The molecule has 0 fully saturated rings. The highest BCUT2D eigenvalue weighted by Gasteiger charge is 2.13. The predicted octanol–water partition coefficient (Wildman–Crippen LogP) is 1.16. The smallest absolute Gasteiger partial charge is 0.231 e. The van der Waals surface area contributed by atoms with Gasteiger partial charge in [-0.25, -0.2) is 0 Å². The van der Waals surface area contributed by atoms with Crippen LogP contribution in [0.2, 0.25) is 0 Å². The maximum Gasteiger partial charge on any atom is 0.231 e. The third-order valence-corrected chi connectivity index (χ3v) is 2.28. The third-order valence-electron chi connectivity index (χ3n) is 2.28. The molecule has 0 rings (SSSR count). The van der Waals surface area contributed by atoms with Gasteiger partial charge in [0.1, 0.15) is 6.42 Å². The van der Waals surface area contributed by atoms with E-state index in [0.717, 1.165) is 12.8 Å². The summed E-state index contributed by atoms with van der Waals surface area (Å²) in [5.74, 6) is -0.255. The molecule has 1 N–H and O–H groups in total. The van der Waals surface area contributed by atoms with Crippen LogP contribution in [0.5, 0.6) is 0 Å². The number of unbranched alkanes of at least 4 members (excludes halogenated alkanes) is 1. The lowest BCUT2D eigenvalue weighted by molar-refractivity contribution is -0.135. The molecular weight excluding hydrogens is 192 g/mol. The van der Waals surface area contributed by atoms with Gasteiger partial charge in [-0.2, -0.15) is 0 Å². The SMILES string of the molecule is CCCCNC(=O)CC(=O)N(CC)CC. The van der Waals surface area contributed by atoms with Gasteiger partial charge in [-0.3, -0.25) is 9.59 Å². The first-order valence-corrected chi connectivity index (χ1v) is 5.70. The molecule has 0 unspecified atom stereocenters. The maximum atomic E-state index is 11.5. The summed E-state index contributed by atoms with van der Waals surface area (Å²) in [5, 5.41) is 2.73. The summed E-state index contributed by atoms with van der Waals surface area (Å²) >= 11 is 0. The van der Waals surface area contributed by atoms with Crippen molar-refractivity contribution in [2.75, 3.05) is 19.6 Å². The van der Waals surface area contributed by atoms with E-state index in [1.807, 2.05) is 13.8 Å². The van der Waals surface area contributed by atoms with Crippen LogP contribution in [-0.2, 0) is 9.59 Å². The summed E-state index contributed by atoms with van der Waals surface area (Å²) in [7, 11) is 0. The number of carbonyl (C=O) groups excluding carboxylic acids is 2. The van der Waals surface area contributed by atoms with E-state index in [4.69, 9.17) is 0 Å². The van der Waals surface area contributed by atoms with Crippen molar-refractivity contribution in [3.63, 3.8) is 0 Å². The van der Waals surface area contributed by atoms with Crippen molar-refractivity contribution in [2.24, 2.45) is 0 Å². The van der Waals surface area contributed by atoms with Crippen LogP contribution >= 0.6 is 0 Å². The molecule has 0 spiro atoms. The third kappa shape index (κ3) is 6.10. The van der Waals surface area contributed by atoms with Crippen LogP contribution in [0.15, 0.2) is 0 Å². The van der Waals surface area contributed by atoms with E-state index in [1.165, 1.54) is 0 Å². The van der Waals surface area contributed by atoms with Gasteiger partial charge in [0, 0.05) is 19.6 Å². The second-order valence-corrected chi connectivity index (χ2v) is 3.45. The first-order chi connectivity index (χ1) is 7.15. The molecule has 0 radical (unpaired) electrons. The van der Waals surface area contributed by atoms with Gasteiger partial charge in [0.2, 0.25) is 11.8 Å². The van der Waals surface area contributed by atoms with Gasteiger partial charge in [0.25, 0.3) is 0 Å². The minimum Gasteiger partial charge on any atom is -0.356 e. The zero-order valence-corrected chi connectivity index (χ0v) is 10.0. The highest BCUT2D eigenvalue weighted by Crippen LogP contribution is 1.94. The van der Waals surface area contributed by atoms with Gasteiger partial charge in [0.15, 0.2) is 0 Å². The second-order valence-electron chi connectivity index (χ2n) is 3.45. The number of rotatable bonds is 7. The normalized spacial score (nSPS) is 9.80. The Labute approximate surface area is 92.0 Å². The largest absolute Gasteiger partial charge is 0.356 e. The lowest BCUT2D eigenvalue weighted by atomic mass is 10.3. The zero-order chi connectivity index (χ0) is 11.7. The molecule has 2 amide bonds. The van der Waals surface area contributed by atoms with Crippen molar-refractivity contribution in [3.8, 4) is 0 Å². The van der Waals surface area contributed by atoms with E-state index in [9.17, 15) is 9.59 Å². The van der Waals surface area contributed by atoms with Gasteiger partial charge in [-0.15, -0.1) is 0 Å². The highest BCUT2D eigenvalue weighted by molar-refractivity contribution is 5.96. The lowest BCUT2D eigenvalue weighted by Gasteiger charge is -2.18. The molecule has 0 bridgehead atoms.